The summed E-state index contributed by atoms with van der Waals surface area (Å²) in [5, 5.41) is 13.5. The monoisotopic (exact) mass is 301 g/mol. The lowest BCUT2D eigenvalue weighted by atomic mass is 9.62. The Morgan fingerprint density at radius 2 is 1.59 bits per heavy atom. The van der Waals surface area contributed by atoms with Crippen LogP contribution in [0, 0.1) is 46.3 Å². The molecule has 4 rings (SSSR count). The van der Waals surface area contributed by atoms with Gasteiger partial charge in [0.05, 0.1) is 5.71 Å². The number of allylic oxidation sites excluding steroid dienone is 2. The van der Waals surface area contributed by atoms with Gasteiger partial charge in [-0.05, 0) is 65.3 Å². The van der Waals surface area contributed by atoms with Crippen LogP contribution in [0.15, 0.2) is 16.3 Å². The van der Waals surface area contributed by atoms with Gasteiger partial charge in [-0.3, -0.25) is 0 Å². The molecule has 2 heteroatoms. The Hall–Kier alpha value is -0.790. The van der Waals surface area contributed by atoms with E-state index < -0.39 is 0 Å². The molecule has 122 valence electrons. The molecule has 4 fully saturated rings. The van der Waals surface area contributed by atoms with Crippen molar-refractivity contribution >= 4 is 5.71 Å². The van der Waals surface area contributed by atoms with E-state index in [0.29, 0.717) is 28.6 Å². The maximum atomic E-state index is 9.70. The van der Waals surface area contributed by atoms with Crippen molar-refractivity contribution in [2.75, 3.05) is 0 Å². The summed E-state index contributed by atoms with van der Waals surface area (Å²) in [5.41, 5.74) is 5.06. The summed E-state index contributed by atoms with van der Waals surface area (Å²) in [7, 11) is 0. The summed E-state index contributed by atoms with van der Waals surface area (Å²) in [6.45, 7) is 14.6. The second kappa shape index (κ2) is 4.19. The zero-order valence-corrected chi connectivity index (χ0v) is 15.0. The molecule has 0 aromatic rings. The Balaban J connectivity index is 1.81. The molecular formula is C20H31NO. The van der Waals surface area contributed by atoms with Crippen molar-refractivity contribution in [2.24, 2.45) is 51.5 Å². The van der Waals surface area contributed by atoms with Crippen LogP contribution >= 0.6 is 0 Å². The molecule has 0 saturated heterocycles. The van der Waals surface area contributed by atoms with Gasteiger partial charge < -0.3 is 5.21 Å². The van der Waals surface area contributed by atoms with Crippen molar-refractivity contribution in [3.05, 3.63) is 11.1 Å². The number of hydrogen-bond acceptors (Lipinski definition) is 2. The maximum Gasteiger partial charge on any atom is 0.0864 e. The van der Waals surface area contributed by atoms with Gasteiger partial charge in [0.15, 0.2) is 0 Å². The van der Waals surface area contributed by atoms with Gasteiger partial charge >= 0.3 is 0 Å². The SMILES string of the molecule is C[C@H]1[C@H]2C[C@H](CC2=C2C(=NO)[C@@H]3C[C@H]2C(C)(C)[C@H]3C)C1(C)C. The van der Waals surface area contributed by atoms with E-state index in [0.717, 1.165) is 23.5 Å². The van der Waals surface area contributed by atoms with Crippen LogP contribution in [-0.4, -0.2) is 10.9 Å². The standard InChI is InChI=1S/C20H31NO/c1-10-13-7-12(19(10,3)4)8-15(13)17-16-9-14(18(17)21-22)11(2)20(16,5)6/h10-14,16,22H,7-9H2,1-6H3/t10-,11-,12+,13+,14+,16+/m0/s1. The van der Waals surface area contributed by atoms with Crippen molar-refractivity contribution in [1.29, 1.82) is 0 Å². The van der Waals surface area contributed by atoms with Crippen LogP contribution in [0.4, 0.5) is 0 Å². The molecule has 0 aromatic carbocycles. The van der Waals surface area contributed by atoms with Crippen LogP contribution in [0.25, 0.3) is 0 Å². The third-order valence-electron chi connectivity index (χ3n) is 8.88. The fourth-order valence-corrected chi connectivity index (χ4v) is 6.55. The zero-order chi connectivity index (χ0) is 16.0. The molecule has 0 unspecified atom stereocenters. The zero-order valence-electron chi connectivity index (χ0n) is 15.0. The second-order valence-corrected chi connectivity index (χ2v) is 9.78. The van der Waals surface area contributed by atoms with Gasteiger partial charge in [0.2, 0.25) is 0 Å². The fraction of sp³-hybridized carbons (Fsp3) is 0.850. The Morgan fingerprint density at radius 1 is 0.955 bits per heavy atom. The molecule has 4 aliphatic carbocycles. The first-order chi connectivity index (χ1) is 10.2. The molecule has 4 aliphatic rings. The van der Waals surface area contributed by atoms with E-state index in [2.05, 4.69) is 46.7 Å². The van der Waals surface area contributed by atoms with Crippen LogP contribution in [-0.2, 0) is 0 Å². The fourth-order valence-electron chi connectivity index (χ4n) is 6.55. The number of hydrogen-bond donors (Lipinski definition) is 1. The number of rotatable bonds is 0. The van der Waals surface area contributed by atoms with Crippen LogP contribution in [0.2, 0.25) is 0 Å². The first-order valence-electron chi connectivity index (χ1n) is 9.16. The minimum absolute atomic E-state index is 0.349. The lowest BCUT2D eigenvalue weighted by Crippen LogP contribution is -2.37. The Kier molecular flexibility index (Phi) is 2.81. The molecule has 6 atom stereocenters. The van der Waals surface area contributed by atoms with Gasteiger partial charge in [-0.15, -0.1) is 0 Å². The summed E-state index contributed by atoms with van der Waals surface area (Å²) in [6.07, 6.45) is 3.82. The summed E-state index contributed by atoms with van der Waals surface area (Å²) >= 11 is 0. The van der Waals surface area contributed by atoms with Crippen molar-refractivity contribution in [2.45, 2.75) is 60.8 Å². The Bertz CT molecular complexity index is 579. The summed E-state index contributed by atoms with van der Waals surface area (Å²) in [4.78, 5) is 0. The molecule has 22 heavy (non-hydrogen) atoms. The second-order valence-electron chi connectivity index (χ2n) is 9.78. The highest BCUT2D eigenvalue weighted by molar-refractivity contribution is 6.06. The first-order valence-corrected chi connectivity index (χ1v) is 9.16. The van der Waals surface area contributed by atoms with E-state index in [-0.39, 0.29) is 0 Å². The third-order valence-corrected chi connectivity index (χ3v) is 8.88. The molecule has 0 radical (unpaired) electrons. The predicted molar refractivity (Wildman–Crippen MR) is 89.9 cm³/mol. The van der Waals surface area contributed by atoms with Gasteiger partial charge in [-0.2, -0.15) is 0 Å². The van der Waals surface area contributed by atoms with E-state index in [1.54, 1.807) is 5.57 Å². The number of oxime groups is 1. The lowest BCUT2D eigenvalue weighted by Gasteiger charge is -2.42. The van der Waals surface area contributed by atoms with Crippen molar-refractivity contribution in [3.63, 3.8) is 0 Å². The van der Waals surface area contributed by atoms with Gasteiger partial charge in [-0.1, -0.05) is 52.3 Å². The molecule has 4 saturated carbocycles. The Morgan fingerprint density at radius 3 is 2.14 bits per heavy atom. The lowest BCUT2D eigenvalue weighted by molar-refractivity contribution is 0.160. The van der Waals surface area contributed by atoms with Gasteiger partial charge in [0.1, 0.15) is 0 Å². The third kappa shape index (κ3) is 1.50. The van der Waals surface area contributed by atoms with E-state index in [9.17, 15) is 5.21 Å². The average molecular weight is 301 g/mol. The van der Waals surface area contributed by atoms with Crippen LogP contribution in [0.1, 0.15) is 60.8 Å². The normalized spacial score (nSPS) is 52.9. The molecule has 4 bridgehead atoms. The highest BCUT2D eigenvalue weighted by atomic mass is 16.4. The molecule has 0 spiro atoms. The number of nitrogens with zero attached hydrogens (tertiary/aromatic N) is 1. The van der Waals surface area contributed by atoms with E-state index in [1.165, 1.54) is 24.8 Å². The topological polar surface area (TPSA) is 32.6 Å². The Labute approximate surface area is 135 Å². The summed E-state index contributed by atoms with van der Waals surface area (Å²) in [6, 6.07) is 0. The predicted octanol–water partition coefficient (Wildman–Crippen LogP) is 5.13. The summed E-state index contributed by atoms with van der Waals surface area (Å²) in [5.74, 6) is 4.04. The number of fused-ring (bicyclic) bond motifs is 4. The molecule has 0 amide bonds. The molecule has 0 aromatic heterocycles. The van der Waals surface area contributed by atoms with Crippen molar-refractivity contribution in [1.82, 2.24) is 0 Å². The van der Waals surface area contributed by atoms with E-state index in [4.69, 9.17) is 0 Å². The molecule has 2 nitrogen and oxygen atoms in total. The molecule has 0 heterocycles. The first kappa shape index (κ1) is 14.8. The minimum atomic E-state index is 0.349. The van der Waals surface area contributed by atoms with Gasteiger partial charge in [-0.25, -0.2) is 0 Å². The highest BCUT2D eigenvalue weighted by Crippen LogP contribution is 2.66. The van der Waals surface area contributed by atoms with E-state index in [1.807, 2.05) is 0 Å². The summed E-state index contributed by atoms with van der Waals surface area (Å²) < 4.78 is 0. The smallest absolute Gasteiger partial charge is 0.0864 e. The van der Waals surface area contributed by atoms with Crippen molar-refractivity contribution in [3.8, 4) is 0 Å². The quantitative estimate of drug-likeness (QED) is 0.488. The molecule has 1 N–H and O–H groups in total. The minimum Gasteiger partial charge on any atom is -0.411 e. The van der Waals surface area contributed by atoms with Crippen LogP contribution < -0.4 is 0 Å². The van der Waals surface area contributed by atoms with Crippen LogP contribution in [0.5, 0.6) is 0 Å². The molecule has 0 aliphatic heterocycles. The van der Waals surface area contributed by atoms with Gasteiger partial charge in [0, 0.05) is 5.92 Å². The highest BCUT2D eigenvalue weighted by Gasteiger charge is 2.60. The maximum absolute atomic E-state index is 9.70. The van der Waals surface area contributed by atoms with E-state index >= 15 is 0 Å². The van der Waals surface area contributed by atoms with Crippen LogP contribution in [0.3, 0.4) is 0 Å². The molecular weight excluding hydrogens is 270 g/mol. The van der Waals surface area contributed by atoms with Gasteiger partial charge in [0.25, 0.3) is 0 Å². The van der Waals surface area contributed by atoms with Crippen molar-refractivity contribution < 1.29 is 5.21 Å². The average Bonchev–Trinajstić information content (AvgIpc) is 3.14. The largest absolute Gasteiger partial charge is 0.411 e.